The van der Waals surface area contributed by atoms with Crippen LogP contribution in [-0.4, -0.2) is 18.0 Å². The van der Waals surface area contributed by atoms with E-state index in [1.165, 1.54) is 0 Å². The number of hydrogen-bond donors (Lipinski definition) is 2. The number of benzene rings is 2. The van der Waals surface area contributed by atoms with Gasteiger partial charge in [0.2, 0.25) is 0 Å². The lowest BCUT2D eigenvalue weighted by Crippen LogP contribution is -2.03. The van der Waals surface area contributed by atoms with Crippen LogP contribution in [-0.2, 0) is 4.79 Å². The van der Waals surface area contributed by atoms with Crippen LogP contribution in [0.2, 0.25) is 5.15 Å². The van der Waals surface area contributed by atoms with Gasteiger partial charge in [-0.1, -0.05) is 29.8 Å². The van der Waals surface area contributed by atoms with E-state index in [0.717, 1.165) is 33.5 Å². The van der Waals surface area contributed by atoms with Gasteiger partial charge in [0.05, 0.1) is 7.11 Å². The molecule has 3 aromatic rings. The molecular formula is C18H13ClN2O2. The van der Waals surface area contributed by atoms with Crippen molar-refractivity contribution in [3.05, 3.63) is 58.7 Å². The molecule has 0 atom stereocenters. The summed E-state index contributed by atoms with van der Waals surface area (Å²) in [7, 11) is 1.62. The first kappa shape index (κ1) is 13.9. The van der Waals surface area contributed by atoms with Crippen LogP contribution >= 0.6 is 11.6 Å². The number of nitrogens with one attached hydrogen (secondary N) is 2. The van der Waals surface area contributed by atoms with E-state index in [-0.39, 0.29) is 5.91 Å². The first-order chi connectivity index (χ1) is 11.2. The maximum atomic E-state index is 12.3. The van der Waals surface area contributed by atoms with Crippen LogP contribution in [0.1, 0.15) is 11.1 Å². The lowest BCUT2D eigenvalue weighted by atomic mass is 10.0. The molecule has 1 aliphatic rings. The van der Waals surface area contributed by atoms with Gasteiger partial charge in [-0.3, -0.25) is 4.79 Å². The molecule has 4 nitrogen and oxygen atoms in total. The summed E-state index contributed by atoms with van der Waals surface area (Å²) < 4.78 is 5.28. The van der Waals surface area contributed by atoms with E-state index >= 15 is 0 Å². The topological polar surface area (TPSA) is 54.1 Å². The minimum absolute atomic E-state index is 0.125. The summed E-state index contributed by atoms with van der Waals surface area (Å²) in [5, 5.41) is 4.28. The quantitative estimate of drug-likeness (QED) is 0.690. The molecule has 0 saturated heterocycles. The first-order valence-electron chi connectivity index (χ1n) is 7.15. The Morgan fingerprint density at radius 3 is 2.83 bits per heavy atom. The number of aromatic amines is 1. The zero-order valence-corrected chi connectivity index (χ0v) is 13.1. The Morgan fingerprint density at radius 2 is 2.00 bits per heavy atom. The highest BCUT2D eigenvalue weighted by molar-refractivity contribution is 6.38. The molecule has 1 amide bonds. The second-order valence-electron chi connectivity index (χ2n) is 5.32. The van der Waals surface area contributed by atoms with E-state index in [0.29, 0.717) is 10.7 Å². The van der Waals surface area contributed by atoms with Gasteiger partial charge >= 0.3 is 0 Å². The number of ether oxygens (including phenoxy) is 1. The number of aromatic nitrogens is 1. The molecule has 0 radical (unpaired) electrons. The number of fused-ring (bicyclic) bond motifs is 2. The van der Waals surface area contributed by atoms with Crippen molar-refractivity contribution in [2.75, 3.05) is 12.4 Å². The number of carbonyl (C=O) groups is 1. The van der Waals surface area contributed by atoms with Crippen molar-refractivity contribution in [2.24, 2.45) is 0 Å². The van der Waals surface area contributed by atoms with Crippen LogP contribution in [0.3, 0.4) is 0 Å². The number of rotatable bonds is 2. The summed E-state index contributed by atoms with van der Waals surface area (Å²) in [5.74, 6) is 0.614. The molecule has 23 heavy (non-hydrogen) atoms. The van der Waals surface area contributed by atoms with E-state index in [4.69, 9.17) is 16.3 Å². The van der Waals surface area contributed by atoms with Gasteiger partial charge in [-0.2, -0.15) is 0 Å². The largest absolute Gasteiger partial charge is 0.497 e. The Morgan fingerprint density at radius 1 is 1.17 bits per heavy atom. The van der Waals surface area contributed by atoms with Crippen molar-refractivity contribution < 1.29 is 9.53 Å². The number of carbonyl (C=O) groups excluding carboxylic acids is 1. The molecule has 2 N–H and O–H groups in total. The van der Waals surface area contributed by atoms with Gasteiger partial charge in [0.1, 0.15) is 10.9 Å². The summed E-state index contributed by atoms with van der Waals surface area (Å²) in [6.07, 6.45) is 1.82. The van der Waals surface area contributed by atoms with E-state index in [1.807, 2.05) is 48.5 Å². The van der Waals surface area contributed by atoms with Gasteiger partial charge < -0.3 is 15.0 Å². The van der Waals surface area contributed by atoms with E-state index in [2.05, 4.69) is 10.3 Å². The molecule has 0 bridgehead atoms. The summed E-state index contributed by atoms with van der Waals surface area (Å²) in [6, 6.07) is 13.3. The SMILES string of the molecule is COc1ccc2[nH]c(Cl)c(/C=C3/C(=O)Nc4ccccc43)c2c1. The Kier molecular flexibility index (Phi) is 3.13. The highest BCUT2D eigenvalue weighted by atomic mass is 35.5. The fourth-order valence-corrected chi connectivity index (χ4v) is 3.11. The number of anilines is 1. The van der Waals surface area contributed by atoms with Crippen molar-refractivity contribution in [1.82, 2.24) is 4.98 Å². The molecule has 2 heterocycles. The number of methoxy groups -OCH3 is 1. The standard InChI is InChI=1S/C18H13ClN2O2/c1-23-10-6-7-16-12(8-10)13(17(19)20-16)9-14-11-4-2-3-5-15(11)21-18(14)22/h2-9,20H,1H3,(H,21,22)/b14-9+. The van der Waals surface area contributed by atoms with Gasteiger partial charge in [0.25, 0.3) is 5.91 Å². The smallest absolute Gasteiger partial charge is 0.256 e. The minimum atomic E-state index is -0.125. The third kappa shape index (κ3) is 2.19. The van der Waals surface area contributed by atoms with Gasteiger partial charge in [0, 0.05) is 33.3 Å². The first-order valence-corrected chi connectivity index (χ1v) is 7.53. The maximum Gasteiger partial charge on any atom is 0.256 e. The van der Waals surface area contributed by atoms with Crippen molar-refractivity contribution >= 4 is 45.7 Å². The van der Waals surface area contributed by atoms with Crippen LogP contribution in [0, 0.1) is 0 Å². The molecule has 1 aromatic heterocycles. The molecule has 0 spiro atoms. The molecule has 0 unspecified atom stereocenters. The fourth-order valence-electron chi connectivity index (χ4n) is 2.85. The Labute approximate surface area is 137 Å². The van der Waals surface area contributed by atoms with Gasteiger partial charge in [-0.15, -0.1) is 0 Å². The zero-order valence-electron chi connectivity index (χ0n) is 12.3. The second-order valence-corrected chi connectivity index (χ2v) is 5.70. The predicted octanol–water partition coefficient (Wildman–Crippen LogP) is 4.32. The lowest BCUT2D eigenvalue weighted by Gasteiger charge is -2.01. The minimum Gasteiger partial charge on any atom is -0.497 e. The molecule has 114 valence electrons. The fraction of sp³-hybridized carbons (Fsp3) is 0.0556. The number of H-pyrrole nitrogens is 1. The molecule has 0 aliphatic carbocycles. The average molecular weight is 325 g/mol. The van der Waals surface area contributed by atoms with Crippen LogP contribution in [0.4, 0.5) is 5.69 Å². The Bertz CT molecular complexity index is 972. The number of amides is 1. The maximum absolute atomic E-state index is 12.3. The molecule has 5 heteroatoms. The molecule has 4 rings (SSSR count). The van der Waals surface area contributed by atoms with Gasteiger partial charge in [-0.25, -0.2) is 0 Å². The van der Waals surface area contributed by atoms with Crippen molar-refractivity contribution in [1.29, 1.82) is 0 Å². The van der Waals surface area contributed by atoms with Crippen LogP contribution in [0.5, 0.6) is 5.75 Å². The molecule has 0 fully saturated rings. The van der Waals surface area contributed by atoms with E-state index < -0.39 is 0 Å². The molecule has 2 aromatic carbocycles. The number of para-hydroxylation sites is 1. The van der Waals surface area contributed by atoms with E-state index in [1.54, 1.807) is 7.11 Å². The molecule has 1 aliphatic heterocycles. The average Bonchev–Trinajstić information content (AvgIpc) is 3.04. The van der Waals surface area contributed by atoms with Crippen LogP contribution in [0.15, 0.2) is 42.5 Å². The van der Waals surface area contributed by atoms with Crippen molar-refractivity contribution in [3.8, 4) is 5.75 Å². The number of halogens is 1. The summed E-state index contributed by atoms with van der Waals surface area (Å²) in [4.78, 5) is 15.4. The lowest BCUT2D eigenvalue weighted by molar-refractivity contribution is -0.110. The third-order valence-electron chi connectivity index (χ3n) is 4.00. The summed E-state index contributed by atoms with van der Waals surface area (Å²) in [5.41, 5.74) is 3.98. The van der Waals surface area contributed by atoms with Crippen LogP contribution in [0.25, 0.3) is 22.6 Å². The van der Waals surface area contributed by atoms with E-state index in [9.17, 15) is 4.79 Å². The van der Waals surface area contributed by atoms with Gasteiger partial charge in [0.15, 0.2) is 0 Å². The third-order valence-corrected chi connectivity index (χ3v) is 4.29. The summed E-state index contributed by atoms with van der Waals surface area (Å²) in [6.45, 7) is 0. The van der Waals surface area contributed by atoms with Crippen LogP contribution < -0.4 is 10.1 Å². The normalized spacial score (nSPS) is 15.0. The number of hydrogen-bond acceptors (Lipinski definition) is 2. The summed E-state index contributed by atoms with van der Waals surface area (Å²) >= 11 is 6.34. The van der Waals surface area contributed by atoms with Crippen molar-refractivity contribution in [3.63, 3.8) is 0 Å². The molecular weight excluding hydrogens is 312 g/mol. The van der Waals surface area contributed by atoms with Gasteiger partial charge in [-0.05, 0) is 30.3 Å². The Balaban J connectivity index is 1.93. The second kappa shape index (κ2) is 5.18. The monoisotopic (exact) mass is 324 g/mol. The zero-order chi connectivity index (χ0) is 16.0. The highest BCUT2D eigenvalue weighted by Crippen LogP contribution is 2.36. The van der Waals surface area contributed by atoms with Crippen molar-refractivity contribution in [2.45, 2.75) is 0 Å². The molecule has 0 saturated carbocycles. The highest BCUT2D eigenvalue weighted by Gasteiger charge is 2.24. The predicted molar refractivity (Wildman–Crippen MR) is 92.8 cm³/mol. The Hall–Kier alpha value is -2.72.